The zero-order valence-corrected chi connectivity index (χ0v) is 17.9. The van der Waals surface area contributed by atoms with Crippen molar-refractivity contribution in [3.8, 4) is 11.1 Å². The highest BCUT2D eigenvalue weighted by Gasteiger charge is 2.17. The number of nitrogens with one attached hydrogen (secondary N) is 1. The molecule has 0 spiro atoms. The number of rotatable bonds is 5. The number of aryl methyl sites for hydroxylation is 1. The maximum Gasteiger partial charge on any atom is 0.255 e. The molecule has 0 atom stereocenters. The molecule has 0 aliphatic rings. The van der Waals surface area contributed by atoms with E-state index in [4.69, 9.17) is 11.6 Å². The van der Waals surface area contributed by atoms with Gasteiger partial charge in [-0.2, -0.15) is 5.10 Å². The quantitative estimate of drug-likeness (QED) is 0.403. The number of halogens is 2. The number of hydrogen-bond acceptors (Lipinski definition) is 2. The number of carbonyl (C=O) groups excluding carboxylic acids is 1. The summed E-state index contributed by atoms with van der Waals surface area (Å²) in [7, 11) is 0. The molecular formula is C25H21ClFN3O. The molecule has 1 aromatic heterocycles. The third kappa shape index (κ3) is 4.37. The largest absolute Gasteiger partial charge is 0.319 e. The molecule has 1 heterocycles. The van der Waals surface area contributed by atoms with Crippen molar-refractivity contribution in [3.63, 3.8) is 0 Å². The zero-order chi connectivity index (χ0) is 22.0. The predicted octanol–water partition coefficient (Wildman–Crippen LogP) is 6.26. The first kappa shape index (κ1) is 20.8. The third-order valence-electron chi connectivity index (χ3n) is 5.24. The summed E-state index contributed by atoms with van der Waals surface area (Å²) >= 11 is 6.15. The lowest BCUT2D eigenvalue weighted by atomic mass is 10.0. The topological polar surface area (TPSA) is 46.9 Å². The zero-order valence-electron chi connectivity index (χ0n) is 17.2. The van der Waals surface area contributed by atoms with Gasteiger partial charge in [-0.15, -0.1) is 0 Å². The van der Waals surface area contributed by atoms with Crippen LogP contribution in [0.25, 0.3) is 11.1 Å². The highest BCUT2D eigenvalue weighted by molar-refractivity contribution is 6.31. The highest BCUT2D eigenvalue weighted by Crippen LogP contribution is 2.25. The Morgan fingerprint density at radius 2 is 1.65 bits per heavy atom. The molecule has 0 radical (unpaired) electrons. The molecule has 0 bridgehead atoms. The molecule has 0 saturated carbocycles. The lowest BCUT2D eigenvalue weighted by molar-refractivity contribution is 0.102. The van der Waals surface area contributed by atoms with E-state index < -0.39 is 0 Å². The number of nitrogens with zero attached hydrogens (tertiary/aromatic N) is 2. The van der Waals surface area contributed by atoms with Crippen LogP contribution in [0.2, 0.25) is 5.02 Å². The second kappa shape index (κ2) is 8.74. The van der Waals surface area contributed by atoms with Gasteiger partial charge in [-0.05, 0) is 49.2 Å². The first-order valence-corrected chi connectivity index (χ1v) is 10.3. The number of aromatic nitrogens is 2. The SMILES string of the molecule is Cc1nn(Cc2c(F)cccc2Cl)c(C)c1NC(=O)c1ccc(-c2ccccc2)cc1. The molecule has 0 aliphatic heterocycles. The van der Waals surface area contributed by atoms with Gasteiger partial charge < -0.3 is 5.32 Å². The smallest absolute Gasteiger partial charge is 0.255 e. The van der Waals surface area contributed by atoms with Crippen molar-refractivity contribution < 1.29 is 9.18 Å². The summed E-state index contributed by atoms with van der Waals surface area (Å²) in [6.07, 6.45) is 0. The van der Waals surface area contributed by atoms with Gasteiger partial charge in [0.25, 0.3) is 5.91 Å². The summed E-state index contributed by atoms with van der Waals surface area (Å²) in [5, 5.41) is 7.75. The van der Waals surface area contributed by atoms with E-state index in [0.717, 1.165) is 16.8 Å². The monoisotopic (exact) mass is 433 g/mol. The fraction of sp³-hybridized carbons (Fsp3) is 0.120. The Labute approximate surface area is 185 Å². The average molecular weight is 434 g/mol. The molecule has 6 heteroatoms. The molecule has 0 fully saturated rings. The van der Waals surface area contributed by atoms with Gasteiger partial charge in [-0.3, -0.25) is 9.48 Å². The highest BCUT2D eigenvalue weighted by atomic mass is 35.5. The van der Waals surface area contributed by atoms with Crippen LogP contribution in [-0.4, -0.2) is 15.7 Å². The van der Waals surface area contributed by atoms with Crippen LogP contribution in [0.15, 0.2) is 72.8 Å². The number of benzene rings is 3. The summed E-state index contributed by atoms with van der Waals surface area (Å²) in [5.74, 6) is -0.613. The van der Waals surface area contributed by atoms with Crippen LogP contribution in [0.5, 0.6) is 0 Å². The maximum absolute atomic E-state index is 14.2. The van der Waals surface area contributed by atoms with Crippen LogP contribution >= 0.6 is 11.6 Å². The Bertz CT molecular complexity index is 1210. The van der Waals surface area contributed by atoms with Gasteiger partial charge in [0.15, 0.2) is 0 Å². The molecule has 1 amide bonds. The molecule has 4 rings (SSSR count). The second-order valence-electron chi connectivity index (χ2n) is 7.30. The van der Waals surface area contributed by atoms with Gasteiger partial charge in [0.2, 0.25) is 0 Å². The van der Waals surface area contributed by atoms with Crippen LogP contribution < -0.4 is 5.32 Å². The predicted molar refractivity (Wildman–Crippen MR) is 122 cm³/mol. The molecule has 31 heavy (non-hydrogen) atoms. The number of hydrogen-bond donors (Lipinski definition) is 1. The molecule has 4 nitrogen and oxygen atoms in total. The molecular weight excluding hydrogens is 413 g/mol. The summed E-state index contributed by atoms with van der Waals surface area (Å²) < 4.78 is 15.8. The van der Waals surface area contributed by atoms with E-state index in [-0.39, 0.29) is 18.3 Å². The third-order valence-corrected chi connectivity index (χ3v) is 5.60. The van der Waals surface area contributed by atoms with Crippen LogP contribution in [0.4, 0.5) is 10.1 Å². The molecule has 4 aromatic rings. The maximum atomic E-state index is 14.2. The van der Waals surface area contributed by atoms with Crippen molar-refractivity contribution in [2.24, 2.45) is 0 Å². The minimum absolute atomic E-state index is 0.180. The van der Waals surface area contributed by atoms with E-state index in [2.05, 4.69) is 10.4 Å². The molecule has 0 aliphatic carbocycles. The Morgan fingerprint density at radius 3 is 2.32 bits per heavy atom. The Morgan fingerprint density at radius 1 is 0.968 bits per heavy atom. The fourth-order valence-electron chi connectivity index (χ4n) is 3.50. The summed E-state index contributed by atoms with van der Waals surface area (Å²) in [4.78, 5) is 12.8. The van der Waals surface area contributed by atoms with Gasteiger partial charge in [-0.25, -0.2) is 4.39 Å². The van der Waals surface area contributed by atoms with E-state index in [0.29, 0.717) is 27.5 Å². The van der Waals surface area contributed by atoms with Crippen LogP contribution in [0.3, 0.4) is 0 Å². The number of anilines is 1. The molecule has 156 valence electrons. The number of carbonyl (C=O) groups is 1. The minimum atomic E-state index is -0.385. The van der Waals surface area contributed by atoms with Crippen molar-refractivity contribution in [2.75, 3.05) is 5.32 Å². The standard InChI is InChI=1S/C25H21ClFN3O/c1-16-24(17(2)30(29-16)15-21-22(26)9-6-10-23(21)27)28-25(31)20-13-11-19(12-14-20)18-7-4-3-5-8-18/h3-14H,15H2,1-2H3,(H,28,31). The average Bonchev–Trinajstić information content (AvgIpc) is 3.04. The fourth-order valence-corrected chi connectivity index (χ4v) is 3.72. The Kier molecular flexibility index (Phi) is 5.87. The molecule has 0 saturated heterocycles. The lowest BCUT2D eigenvalue weighted by Gasteiger charge is -2.09. The van der Waals surface area contributed by atoms with E-state index in [1.54, 1.807) is 35.9 Å². The Balaban J connectivity index is 1.54. The van der Waals surface area contributed by atoms with E-state index in [1.807, 2.05) is 49.4 Å². The van der Waals surface area contributed by atoms with Gasteiger partial charge >= 0.3 is 0 Å². The first-order valence-electron chi connectivity index (χ1n) is 9.88. The van der Waals surface area contributed by atoms with Gasteiger partial charge in [-0.1, -0.05) is 60.1 Å². The molecule has 1 N–H and O–H groups in total. The minimum Gasteiger partial charge on any atom is -0.319 e. The van der Waals surface area contributed by atoms with Gasteiger partial charge in [0.05, 0.1) is 23.6 Å². The molecule has 0 unspecified atom stereocenters. The number of amides is 1. The van der Waals surface area contributed by atoms with E-state index >= 15 is 0 Å². The van der Waals surface area contributed by atoms with E-state index in [1.165, 1.54) is 6.07 Å². The van der Waals surface area contributed by atoms with Crippen molar-refractivity contribution in [1.29, 1.82) is 0 Å². The summed E-state index contributed by atoms with van der Waals surface area (Å²) in [6, 6.07) is 22.0. The van der Waals surface area contributed by atoms with E-state index in [9.17, 15) is 9.18 Å². The van der Waals surface area contributed by atoms with Gasteiger partial charge in [0.1, 0.15) is 5.82 Å². The second-order valence-corrected chi connectivity index (χ2v) is 7.71. The van der Waals surface area contributed by atoms with Crippen LogP contribution in [0.1, 0.15) is 27.3 Å². The Hall–Kier alpha value is -3.44. The lowest BCUT2D eigenvalue weighted by Crippen LogP contribution is -2.13. The summed E-state index contributed by atoms with van der Waals surface area (Å²) in [6.45, 7) is 3.82. The normalized spacial score (nSPS) is 10.8. The van der Waals surface area contributed by atoms with Crippen molar-refractivity contribution >= 4 is 23.2 Å². The van der Waals surface area contributed by atoms with Crippen molar-refractivity contribution in [3.05, 3.63) is 106 Å². The van der Waals surface area contributed by atoms with Crippen LogP contribution in [0, 0.1) is 19.7 Å². The molecule has 3 aromatic carbocycles. The van der Waals surface area contributed by atoms with Crippen LogP contribution in [-0.2, 0) is 6.54 Å². The first-order chi connectivity index (χ1) is 14.9. The van der Waals surface area contributed by atoms with Crippen molar-refractivity contribution in [2.45, 2.75) is 20.4 Å². The summed E-state index contributed by atoms with van der Waals surface area (Å²) in [5.41, 5.74) is 5.04. The van der Waals surface area contributed by atoms with Gasteiger partial charge in [0, 0.05) is 16.1 Å². The van der Waals surface area contributed by atoms with Crippen molar-refractivity contribution in [1.82, 2.24) is 9.78 Å².